The number of carbonyl (C=O) groups excluding carboxylic acids is 1. The van der Waals surface area contributed by atoms with Gasteiger partial charge in [0.15, 0.2) is 0 Å². The van der Waals surface area contributed by atoms with Crippen molar-refractivity contribution in [1.82, 2.24) is 15.1 Å². The summed E-state index contributed by atoms with van der Waals surface area (Å²) in [7, 11) is 0. The van der Waals surface area contributed by atoms with E-state index in [1.807, 2.05) is 13.8 Å². The van der Waals surface area contributed by atoms with Crippen LogP contribution in [0.3, 0.4) is 0 Å². The molecule has 2 N–H and O–H groups in total. The average molecular weight is 299 g/mol. The van der Waals surface area contributed by atoms with Gasteiger partial charge in [-0.25, -0.2) is 4.68 Å². The third-order valence-corrected chi connectivity index (χ3v) is 3.50. The second-order valence-corrected chi connectivity index (χ2v) is 5.76. The molecule has 1 aromatic heterocycles. The van der Waals surface area contributed by atoms with Crippen LogP contribution in [-0.2, 0) is 11.3 Å². The first-order valence-corrected chi connectivity index (χ1v) is 7.16. The molecule has 2 heterocycles. The summed E-state index contributed by atoms with van der Waals surface area (Å²) in [5.74, 6) is 0.234. The third kappa shape index (κ3) is 3.30. The summed E-state index contributed by atoms with van der Waals surface area (Å²) in [5.41, 5.74) is 0.0836. The highest BCUT2D eigenvalue weighted by Crippen LogP contribution is 2.19. The molecule has 0 bridgehead atoms. The number of nitrogens with zero attached hydrogens (tertiary/aromatic N) is 2. The number of piperidine rings is 1. The normalized spacial score (nSPS) is 19.0. The molecule has 1 amide bonds. The minimum Gasteiger partial charge on any atom is -0.371 e. The van der Waals surface area contributed by atoms with Gasteiger partial charge in [0, 0.05) is 13.1 Å². The van der Waals surface area contributed by atoms with Gasteiger partial charge in [-0.05, 0) is 18.8 Å². The van der Waals surface area contributed by atoms with Gasteiger partial charge >= 0.3 is 0 Å². The largest absolute Gasteiger partial charge is 0.371 e. The maximum atomic E-state index is 12.1. The van der Waals surface area contributed by atoms with E-state index < -0.39 is 0 Å². The summed E-state index contributed by atoms with van der Waals surface area (Å²) < 4.78 is 1.35. The SMILES string of the molecule is CC(C)Cn1ncc(NC2CCCNC2=O)c(Cl)c1=O. The predicted molar refractivity (Wildman–Crippen MR) is 78.0 cm³/mol. The Morgan fingerprint density at radius 2 is 2.30 bits per heavy atom. The van der Waals surface area contributed by atoms with E-state index in [4.69, 9.17) is 11.6 Å². The first kappa shape index (κ1) is 14.8. The number of amides is 1. The topological polar surface area (TPSA) is 76.0 Å². The monoisotopic (exact) mass is 298 g/mol. The minimum atomic E-state index is -0.358. The number of halogens is 1. The average Bonchev–Trinajstić information content (AvgIpc) is 2.40. The molecule has 0 radical (unpaired) electrons. The number of nitrogens with one attached hydrogen (secondary N) is 2. The van der Waals surface area contributed by atoms with E-state index in [9.17, 15) is 9.59 Å². The van der Waals surface area contributed by atoms with E-state index in [1.165, 1.54) is 10.9 Å². The zero-order chi connectivity index (χ0) is 14.7. The summed E-state index contributed by atoms with van der Waals surface area (Å²) >= 11 is 6.08. The molecule has 6 nitrogen and oxygen atoms in total. The quantitative estimate of drug-likeness (QED) is 0.877. The highest BCUT2D eigenvalue weighted by atomic mass is 35.5. The highest BCUT2D eigenvalue weighted by molar-refractivity contribution is 6.33. The van der Waals surface area contributed by atoms with E-state index in [1.54, 1.807) is 0 Å². The fraction of sp³-hybridized carbons (Fsp3) is 0.615. The van der Waals surface area contributed by atoms with Crippen molar-refractivity contribution < 1.29 is 4.79 Å². The van der Waals surface area contributed by atoms with Crippen molar-refractivity contribution in [3.63, 3.8) is 0 Å². The number of rotatable bonds is 4. The van der Waals surface area contributed by atoms with E-state index in [-0.39, 0.29) is 22.5 Å². The summed E-state index contributed by atoms with van der Waals surface area (Å²) in [4.78, 5) is 23.8. The van der Waals surface area contributed by atoms with Crippen LogP contribution in [0.5, 0.6) is 0 Å². The minimum absolute atomic E-state index is 0.0707. The molecule has 1 aliphatic rings. The molecule has 1 saturated heterocycles. The second kappa shape index (κ2) is 6.26. The van der Waals surface area contributed by atoms with Crippen LogP contribution in [0.15, 0.2) is 11.0 Å². The van der Waals surface area contributed by atoms with Crippen molar-refractivity contribution in [2.75, 3.05) is 11.9 Å². The van der Waals surface area contributed by atoms with Gasteiger partial charge in [-0.1, -0.05) is 25.4 Å². The third-order valence-electron chi connectivity index (χ3n) is 3.14. The van der Waals surface area contributed by atoms with Gasteiger partial charge in [-0.15, -0.1) is 0 Å². The van der Waals surface area contributed by atoms with Crippen LogP contribution in [0.2, 0.25) is 5.02 Å². The van der Waals surface area contributed by atoms with E-state index in [2.05, 4.69) is 15.7 Å². The Morgan fingerprint density at radius 3 is 2.95 bits per heavy atom. The van der Waals surface area contributed by atoms with Crippen LogP contribution in [0.25, 0.3) is 0 Å². The fourth-order valence-electron chi connectivity index (χ4n) is 2.14. The fourth-order valence-corrected chi connectivity index (χ4v) is 2.34. The molecule has 1 aromatic rings. The van der Waals surface area contributed by atoms with Gasteiger partial charge in [0.2, 0.25) is 5.91 Å². The van der Waals surface area contributed by atoms with Gasteiger partial charge in [-0.2, -0.15) is 5.10 Å². The maximum Gasteiger partial charge on any atom is 0.287 e. The Hall–Kier alpha value is -1.56. The standard InChI is InChI=1S/C13H19ClN4O2/c1-8(2)7-18-13(20)11(14)10(6-16-18)17-9-4-3-5-15-12(9)19/h6,8-9,17H,3-5,7H2,1-2H3,(H,15,19). The van der Waals surface area contributed by atoms with Crippen molar-refractivity contribution in [3.8, 4) is 0 Å². The lowest BCUT2D eigenvalue weighted by molar-refractivity contribution is -0.123. The highest BCUT2D eigenvalue weighted by Gasteiger charge is 2.23. The number of aromatic nitrogens is 2. The van der Waals surface area contributed by atoms with Gasteiger partial charge < -0.3 is 10.6 Å². The van der Waals surface area contributed by atoms with Crippen LogP contribution in [-0.4, -0.2) is 28.3 Å². The predicted octanol–water partition coefficient (Wildman–Crippen LogP) is 1.24. The lowest BCUT2D eigenvalue weighted by Crippen LogP contribution is -2.44. The van der Waals surface area contributed by atoms with Crippen molar-refractivity contribution in [2.45, 2.75) is 39.3 Å². The Morgan fingerprint density at radius 1 is 1.55 bits per heavy atom. The molecule has 20 heavy (non-hydrogen) atoms. The van der Waals surface area contributed by atoms with Crippen molar-refractivity contribution in [1.29, 1.82) is 0 Å². The van der Waals surface area contributed by atoms with Crippen molar-refractivity contribution >= 4 is 23.2 Å². The molecule has 0 spiro atoms. The lowest BCUT2D eigenvalue weighted by Gasteiger charge is -2.24. The van der Waals surface area contributed by atoms with Crippen LogP contribution < -0.4 is 16.2 Å². The Bertz CT molecular complexity index is 556. The van der Waals surface area contributed by atoms with Gasteiger partial charge in [-0.3, -0.25) is 9.59 Å². The van der Waals surface area contributed by atoms with Crippen LogP contribution in [0.4, 0.5) is 5.69 Å². The lowest BCUT2D eigenvalue weighted by atomic mass is 10.1. The molecule has 110 valence electrons. The van der Waals surface area contributed by atoms with Crippen molar-refractivity contribution in [3.05, 3.63) is 21.6 Å². The summed E-state index contributed by atoms with van der Waals surface area (Å²) in [5, 5.41) is 9.95. The Labute approximate surface area is 122 Å². The van der Waals surface area contributed by atoms with Crippen molar-refractivity contribution in [2.24, 2.45) is 5.92 Å². The van der Waals surface area contributed by atoms with Crippen LogP contribution in [0.1, 0.15) is 26.7 Å². The molecule has 0 saturated carbocycles. The molecule has 1 fully saturated rings. The number of hydrogen-bond donors (Lipinski definition) is 2. The first-order valence-electron chi connectivity index (χ1n) is 6.79. The van der Waals surface area contributed by atoms with Gasteiger partial charge in [0.25, 0.3) is 5.56 Å². The van der Waals surface area contributed by atoms with E-state index in [0.717, 1.165) is 12.8 Å². The van der Waals surface area contributed by atoms with Crippen LogP contribution in [0, 0.1) is 5.92 Å². The molecule has 0 aromatic carbocycles. The molecule has 1 atom stereocenters. The molecule has 1 aliphatic heterocycles. The first-order chi connectivity index (χ1) is 9.49. The summed E-state index contributed by atoms with van der Waals surface area (Å²) in [6.07, 6.45) is 3.13. The van der Waals surface area contributed by atoms with Gasteiger partial charge in [0.05, 0.1) is 11.9 Å². The number of carbonyl (C=O) groups is 1. The van der Waals surface area contributed by atoms with E-state index >= 15 is 0 Å². The van der Waals surface area contributed by atoms with Gasteiger partial charge in [0.1, 0.15) is 11.1 Å². The van der Waals surface area contributed by atoms with Crippen LogP contribution >= 0.6 is 11.6 Å². The number of hydrogen-bond acceptors (Lipinski definition) is 4. The van der Waals surface area contributed by atoms with E-state index in [0.29, 0.717) is 24.7 Å². The maximum absolute atomic E-state index is 12.1. The second-order valence-electron chi connectivity index (χ2n) is 5.38. The zero-order valence-electron chi connectivity index (χ0n) is 11.6. The summed E-state index contributed by atoms with van der Waals surface area (Å²) in [6, 6.07) is -0.358. The summed E-state index contributed by atoms with van der Waals surface area (Å²) in [6.45, 7) is 5.21. The number of anilines is 1. The molecule has 0 aliphatic carbocycles. The molecular formula is C13H19ClN4O2. The Balaban J connectivity index is 2.19. The molecule has 7 heteroatoms. The molecule has 1 unspecified atom stereocenters. The smallest absolute Gasteiger partial charge is 0.287 e. The molecule has 2 rings (SSSR count). The zero-order valence-corrected chi connectivity index (χ0v) is 12.4. The Kier molecular flexibility index (Phi) is 4.65. The molecular weight excluding hydrogens is 280 g/mol.